The number of hydrogen-bond acceptors (Lipinski definition) is 1. The second-order valence-corrected chi connectivity index (χ2v) is 2.67. The lowest BCUT2D eigenvalue weighted by atomic mass is 10.4. The van der Waals surface area contributed by atoms with Crippen LogP contribution in [0.2, 0.25) is 0 Å². The van der Waals surface area contributed by atoms with Gasteiger partial charge in [-0.15, -0.1) is 0 Å². The van der Waals surface area contributed by atoms with E-state index in [1.807, 2.05) is 0 Å². The van der Waals surface area contributed by atoms with Crippen LogP contribution in [-0.2, 0) is 0 Å². The zero-order valence-electron chi connectivity index (χ0n) is 3.78. The molecule has 0 amide bonds. The van der Waals surface area contributed by atoms with Crippen molar-refractivity contribution in [3.05, 3.63) is 0 Å². The third kappa shape index (κ3) is 0.178. The normalized spacial score (nSPS) is 46.5. The minimum atomic E-state index is 0.609. The molecule has 0 aromatic rings. The molecule has 2 N–H and O–H groups in total. The first kappa shape index (κ1) is 3.03. The summed E-state index contributed by atoms with van der Waals surface area (Å²) < 4.78 is 0. The van der Waals surface area contributed by atoms with Gasteiger partial charge in [0.25, 0.3) is 0 Å². The van der Waals surface area contributed by atoms with Crippen molar-refractivity contribution < 1.29 is 0 Å². The zero-order valence-corrected chi connectivity index (χ0v) is 3.78. The van der Waals surface area contributed by atoms with Crippen molar-refractivity contribution >= 4 is 0 Å². The molecule has 0 unspecified atom stereocenters. The minimum absolute atomic E-state index is 0.609. The molecule has 0 bridgehead atoms. The Morgan fingerprint density at radius 1 is 1.50 bits per heavy atom. The molecule has 1 heteroatoms. The highest BCUT2D eigenvalue weighted by Crippen LogP contribution is 2.64. The molecule has 2 aliphatic carbocycles. The first-order valence-electron chi connectivity index (χ1n) is 2.59. The van der Waals surface area contributed by atoms with Crippen LogP contribution < -0.4 is 5.73 Å². The lowest BCUT2D eigenvalue weighted by Gasteiger charge is -1.73. The Bertz CT molecular complexity index is 83.9. The van der Waals surface area contributed by atoms with E-state index < -0.39 is 0 Å². The molecule has 0 aromatic carbocycles. The van der Waals surface area contributed by atoms with Crippen LogP contribution in [0, 0.1) is 5.41 Å². The van der Waals surface area contributed by atoms with Crippen LogP contribution in [0.3, 0.4) is 0 Å². The summed E-state index contributed by atoms with van der Waals surface area (Å²) in [4.78, 5) is 0. The molecule has 0 heterocycles. The van der Waals surface area contributed by atoms with E-state index >= 15 is 0 Å². The molecule has 0 radical (unpaired) electrons. The topological polar surface area (TPSA) is 26.0 Å². The van der Waals surface area contributed by atoms with E-state index in [0.717, 1.165) is 5.41 Å². The Labute approximate surface area is 37.5 Å². The Hall–Kier alpha value is -0.0400. The minimum Gasteiger partial charge on any atom is -0.327 e. The summed E-state index contributed by atoms with van der Waals surface area (Å²) in [7, 11) is 0. The van der Waals surface area contributed by atoms with Crippen molar-refractivity contribution in [1.29, 1.82) is 0 Å². The molecule has 0 aliphatic heterocycles. The standard InChI is InChI=1S/C5H9N/c6-4-3-5(4)1-2-5/h4H,1-3,6H2/t4-/m1/s1. The molecular formula is C5H9N. The summed E-state index contributed by atoms with van der Waals surface area (Å²) in [5.74, 6) is 0. The van der Waals surface area contributed by atoms with Crippen molar-refractivity contribution in [2.45, 2.75) is 25.3 Å². The van der Waals surface area contributed by atoms with Crippen LogP contribution in [0.5, 0.6) is 0 Å². The maximum atomic E-state index is 5.56. The number of hydrogen-bond donors (Lipinski definition) is 1. The highest BCUT2D eigenvalue weighted by Gasteiger charge is 2.60. The van der Waals surface area contributed by atoms with Gasteiger partial charge in [-0.2, -0.15) is 0 Å². The summed E-state index contributed by atoms with van der Waals surface area (Å²) >= 11 is 0. The van der Waals surface area contributed by atoms with E-state index in [1.54, 1.807) is 0 Å². The lowest BCUT2D eigenvalue weighted by Crippen LogP contribution is -2.00. The van der Waals surface area contributed by atoms with Crippen molar-refractivity contribution in [2.75, 3.05) is 0 Å². The van der Waals surface area contributed by atoms with E-state index in [4.69, 9.17) is 5.73 Å². The largest absolute Gasteiger partial charge is 0.327 e. The average molecular weight is 83.1 g/mol. The van der Waals surface area contributed by atoms with Crippen LogP contribution in [0.1, 0.15) is 19.3 Å². The van der Waals surface area contributed by atoms with Gasteiger partial charge in [-0.05, 0) is 24.7 Å². The number of rotatable bonds is 0. The Balaban J connectivity index is 2.17. The molecule has 0 aromatic heterocycles. The lowest BCUT2D eigenvalue weighted by molar-refractivity contribution is 0.825. The molecule has 2 fully saturated rings. The Morgan fingerprint density at radius 2 is 2.00 bits per heavy atom. The van der Waals surface area contributed by atoms with E-state index in [1.165, 1.54) is 19.3 Å². The predicted octanol–water partition coefficient (Wildman–Crippen LogP) is 0.498. The Morgan fingerprint density at radius 3 is 2.00 bits per heavy atom. The average Bonchev–Trinajstić information content (AvgIpc) is 2.25. The van der Waals surface area contributed by atoms with Gasteiger partial charge in [0.1, 0.15) is 0 Å². The predicted molar refractivity (Wildman–Crippen MR) is 24.3 cm³/mol. The van der Waals surface area contributed by atoms with Gasteiger partial charge in [-0.25, -0.2) is 0 Å². The van der Waals surface area contributed by atoms with Gasteiger partial charge >= 0.3 is 0 Å². The van der Waals surface area contributed by atoms with Crippen molar-refractivity contribution in [3.8, 4) is 0 Å². The molecule has 1 nitrogen and oxygen atoms in total. The van der Waals surface area contributed by atoms with E-state index in [2.05, 4.69) is 0 Å². The second kappa shape index (κ2) is 0.544. The molecular weight excluding hydrogens is 74.1 g/mol. The maximum Gasteiger partial charge on any atom is 0.0102 e. The molecule has 34 valence electrons. The molecule has 0 saturated heterocycles. The molecule has 2 saturated carbocycles. The van der Waals surface area contributed by atoms with Gasteiger partial charge in [-0.1, -0.05) is 0 Å². The van der Waals surface area contributed by atoms with Gasteiger partial charge < -0.3 is 5.73 Å². The van der Waals surface area contributed by atoms with E-state index in [-0.39, 0.29) is 0 Å². The summed E-state index contributed by atoms with van der Waals surface area (Å²) in [6.07, 6.45) is 4.18. The van der Waals surface area contributed by atoms with Crippen LogP contribution >= 0.6 is 0 Å². The highest BCUT2D eigenvalue weighted by molar-refractivity contribution is 5.15. The molecule has 2 rings (SSSR count). The molecule has 6 heavy (non-hydrogen) atoms. The van der Waals surface area contributed by atoms with Crippen LogP contribution in [-0.4, -0.2) is 6.04 Å². The third-order valence-corrected chi connectivity index (χ3v) is 2.15. The van der Waals surface area contributed by atoms with Gasteiger partial charge in [0.05, 0.1) is 0 Å². The highest BCUT2D eigenvalue weighted by atomic mass is 14.9. The summed E-state index contributed by atoms with van der Waals surface area (Å²) in [6, 6.07) is 0.609. The smallest absolute Gasteiger partial charge is 0.0102 e. The summed E-state index contributed by atoms with van der Waals surface area (Å²) in [6.45, 7) is 0. The van der Waals surface area contributed by atoms with Gasteiger partial charge in [-0.3, -0.25) is 0 Å². The van der Waals surface area contributed by atoms with Crippen molar-refractivity contribution in [2.24, 2.45) is 11.1 Å². The first-order chi connectivity index (χ1) is 2.83. The van der Waals surface area contributed by atoms with Gasteiger partial charge in [0.15, 0.2) is 0 Å². The second-order valence-electron chi connectivity index (χ2n) is 2.67. The van der Waals surface area contributed by atoms with Crippen LogP contribution in [0.4, 0.5) is 0 Å². The fraction of sp³-hybridized carbons (Fsp3) is 1.00. The quantitative estimate of drug-likeness (QED) is 0.453. The SMILES string of the molecule is N[C@@H]1CC12CC2. The maximum absolute atomic E-state index is 5.56. The monoisotopic (exact) mass is 83.1 g/mol. The van der Waals surface area contributed by atoms with Crippen molar-refractivity contribution in [3.63, 3.8) is 0 Å². The third-order valence-electron chi connectivity index (χ3n) is 2.15. The Kier molecular flexibility index (Phi) is 0.274. The van der Waals surface area contributed by atoms with Crippen LogP contribution in [0.15, 0.2) is 0 Å². The molecule has 2 aliphatic rings. The van der Waals surface area contributed by atoms with E-state index in [0.29, 0.717) is 6.04 Å². The van der Waals surface area contributed by atoms with E-state index in [9.17, 15) is 0 Å². The summed E-state index contributed by atoms with van der Waals surface area (Å²) in [5, 5.41) is 0. The fourth-order valence-corrected chi connectivity index (χ4v) is 1.11. The van der Waals surface area contributed by atoms with Gasteiger partial charge in [0.2, 0.25) is 0 Å². The first-order valence-corrected chi connectivity index (χ1v) is 2.59. The molecule has 1 atom stereocenters. The molecule has 1 spiro atoms. The number of nitrogens with two attached hydrogens (primary N) is 1. The summed E-state index contributed by atoms with van der Waals surface area (Å²) in [5.41, 5.74) is 6.30. The zero-order chi connectivity index (χ0) is 4.20. The van der Waals surface area contributed by atoms with Crippen LogP contribution in [0.25, 0.3) is 0 Å². The van der Waals surface area contributed by atoms with Crippen molar-refractivity contribution in [1.82, 2.24) is 0 Å². The fourth-order valence-electron chi connectivity index (χ4n) is 1.11. The van der Waals surface area contributed by atoms with Gasteiger partial charge in [0, 0.05) is 6.04 Å².